The van der Waals surface area contributed by atoms with E-state index in [4.69, 9.17) is 0 Å². The van der Waals surface area contributed by atoms with Gasteiger partial charge in [-0.25, -0.2) is 0 Å². The van der Waals surface area contributed by atoms with Crippen molar-refractivity contribution in [3.05, 3.63) is 63.6 Å². The molecule has 2 heteroatoms. The van der Waals surface area contributed by atoms with E-state index in [0.717, 1.165) is 10.2 Å². The fourth-order valence-corrected chi connectivity index (χ4v) is 2.32. The monoisotopic (exact) mass is 301 g/mol. The lowest BCUT2D eigenvalue weighted by Crippen LogP contribution is -1.93. The Morgan fingerprint density at radius 2 is 1.78 bits per heavy atom. The number of halogens is 1. The smallest absolute Gasteiger partial charge is 0.0413 e. The van der Waals surface area contributed by atoms with E-state index >= 15 is 0 Å². The zero-order valence-electron chi connectivity index (χ0n) is 10.6. The van der Waals surface area contributed by atoms with Gasteiger partial charge in [0.15, 0.2) is 0 Å². The molecule has 18 heavy (non-hydrogen) atoms. The molecule has 92 valence electrons. The van der Waals surface area contributed by atoms with Crippen LogP contribution in [-0.4, -0.2) is 7.05 Å². The van der Waals surface area contributed by atoms with Crippen LogP contribution in [0.3, 0.4) is 0 Å². The van der Waals surface area contributed by atoms with Gasteiger partial charge in [0.25, 0.3) is 0 Å². The first kappa shape index (κ1) is 12.9. The Bertz CT molecular complexity index is 573. The standard InChI is InChI=1S/C16H16BrN/c1-12-6-5-9-16(18-2)14(12)11-10-13-7-3-4-8-15(13)17/h3-11,18H,1-2H3/b11-10+. The number of anilines is 1. The first-order valence-electron chi connectivity index (χ1n) is 5.92. The predicted molar refractivity (Wildman–Crippen MR) is 83.8 cm³/mol. The summed E-state index contributed by atoms with van der Waals surface area (Å²) in [6.45, 7) is 2.13. The van der Waals surface area contributed by atoms with E-state index < -0.39 is 0 Å². The molecule has 0 aromatic heterocycles. The average molecular weight is 302 g/mol. The van der Waals surface area contributed by atoms with Crippen molar-refractivity contribution in [1.82, 2.24) is 0 Å². The van der Waals surface area contributed by atoms with Crippen molar-refractivity contribution in [3.63, 3.8) is 0 Å². The minimum atomic E-state index is 1.11. The minimum absolute atomic E-state index is 1.11. The molecule has 0 aliphatic heterocycles. The summed E-state index contributed by atoms with van der Waals surface area (Å²) in [6.07, 6.45) is 4.29. The summed E-state index contributed by atoms with van der Waals surface area (Å²) in [5.41, 5.74) is 4.84. The lowest BCUT2D eigenvalue weighted by molar-refractivity contribution is 1.40. The molecule has 0 atom stereocenters. The van der Waals surface area contributed by atoms with Crippen molar-refractivity contribution in [2.75, 3.05) is 12.4 Å². The Morgan fingerprint density at radius 1 is 1.00 bits per heavy atom. The fourth-order valence-electron chi connectivity index (χ4n) is 1.90. The van der Waals surface area contributed by atoms with Crippen molar-refractivity contribution in [2.45, 2.75) is 6.92 Å². The summed E-state index contributed by atoms with van der Waals surface area (Å²) in [5, 5.41) is 3.22. The molecule has 2 aromatic rings. The van der Waals surface area contributed by atoms with Crippen molar-refractivity contribution in [3.8, 4) is 0 Å². The highest BCUT2D eigenvalue weighted by atomic mass is 79.9. The molecule has 1 nitrogen and oxygen atoms in total. The van der Waals surface area contributed by atoms with Gasteiger partial charge in [0.1, 0.15) is 0 Å². The lowest BCUT2D eigenvalue weighted by Gasteiger charge is -2.08. The van der Waals surface area contributed by atoms with Gasteiger partial charge in [0.2, 0.25) is 0 Å². The average Bonchev–Trinajstić information content (AvgIpc) is 2.39. The highest BCUT2D eigenvalue weighted by Crippen LogP contribution is 2.24. The molecule has 1 N–H and O–H groups in total. The van der Waals surface area contributed by atoms with Gasteiger partial charge in [-0.05, 0) is 30.2 Å². The third-order valence-electron chi connectivity index (χ3n) is 2.93. The molecule has 0 amide bonds. The molecule has 0 aliphatic carbocycles. The second kappa shape index (κ2) is 5.87. The summed E-state index contributed by atoms with van der Waals surface area (Å²) < 4.78 is 1.11. The number of hydrogen-bond donors (Lipinski definition) is 1. The van der Waals surface area contributed by atoms with Crippen LogP contribution in [0, 0.1) is 6.92 Å². The van der Waals surface area contributed by atoms with Gasteiger partial charge in [-0.3, -0.25) is 0 Å². The van der Waals surface area contributed by atoms with Gasteiger partial charge in [0, 0.05) is 22.8 Å². The Hall–Kier alpha value is -1.54. The van der Waals surface area contributed by atoms with E-state index in [0.29, 0.717) is 0 Å². The molecule has 0 fully saturated rings. The number of rotatable bonds is 3. The molecule has 2 aromatic carbocycles. The molecule has 0 heterocycles. The van der Waals surface area contributed by atoms with Gasteiger partial charge in [-0.2, -0.15) is 0 Å². The van der Waals surface area contributed by atoms with Gasteiger partial charge in [-0.1, -0.05) is 58.4 Å². The highest BCUT2D eigenvalue weighted by molar-refractivity contribution is 9.10. The van der Waals surface area contributed by atoms with Crippen LogP contribution in [0.25, 0.3) is 12.2 Å². The SMILES string of the molecule is CNc1cccc(C)c1/C=C/c1ccccc1Br. The van der Waals surface area contributed by atoms with E-state index in [1.165, 1.54) is 16.7 Å². The zero-order chi connectivity index (χ0) is 13.0. The molecule has 0 unspecified atom stereocenters. The Kier molecular flexibility index (Phi) is 4.21. The molecule has 0 radical (unpaired) electrons. The molecule has 0 saturated heterocycles. The first-order chi connectivity index (χ1) is 8.72. The second-order valence-corrected chi connectivity index (χ2v) is 5.00. The van der Waals surface area contributed by atoms with Crippen molar-refractivity contribution in [2.24, 2.45) is 0 Å². The minimum Gasteiger partial charge on any atom is -0.388 e. The number of nitrogens with one attached hydrogen (secondary N) is 1. The summed E-state index contributed by atoms with van der Waals surface area (Å²) in [5.74, 6) is 0. The van der Waals surface area contributed by atoms with Crippen molar-refractivity contribution < 1.29 is 0 Å². The lowest BCUT2D eigenvalue weighted by atomic mass is 10.0. The van der Waals surface area contributed by atoms with Crippen LogP contribution >= 0.6 is 15.9 Å². The van der Waals surface area contributed by atoms with Gasteiger partial charge >= 0.3 is 0 Å². The Morgan fingerprint density at radius 3 is 2.50 bits per heavy atom. The van der Waals surface area contributed by atoms with E-state index in [-0.39, 0.29) is 0 Å². The molecular weight excluding hydrogens is 286 g/mol. The van der Waals surface area contributed by atoms with Crippen LogP contribution in [0.1, 0.15) is 16.7 Å². The maximum absolute atomic E-state index is 3.56. The third kappa shape index (κ3) is 2.82. The maximum Gasteiger partial charge on any atom is 0.0413 e. The van der Waals surface area contributed by atoms with Gasteiger partial charge in [0.05, 0.1) is 0 Å². The third-order valence-corrected chi connectivity index (χ3v) is 3.65. The van der Waals surface area contributed by atoms with Crippen LogP contribution in [0.15, 0.2) is 46.9 Å². The van der Waals surface area contributed by atoms with E-state index in [1.807, 2.05) is 19.2 Å². The molecule has 0 spiro atoms. The van der Waals surface area contributed by atoms with Gasteiger partial charge < -0.3 is 5.32 Å². The van der Waals surface area contributed by atoms with Crippen LogP contribution in [0.5, 0.6) is 0 Å². The zero-order valence-corrected chi connectivity index (χ0v) is 12.2. The molecule has 2 rings (SSSR count). The van der Waals surface area contributed by atoms with Crippen LogP contribution in [-0.2, 0) is 0 Å². The Balaban J connectivity index is 2.38. The van der Waals surface area contributed by atoms with E-state index in [9.17, 15) is 0 Å². The van der Waals surface area contributed by atoms with Crippen LogP contribution in [0.4, 0.5) is 5.69 Å². The summed E-state index contributed by atoms with van der Waals surface area (Å²) in [7, 11) is 1.95. The second-order valence-electron chi connectivity index (χ2n) is 4.14. The quantitative estimate of drug-likeness (QED) is 0.789. The van der Waals surface area contributed by atoms with Gasteiger partial charge in [-0.15, -0.1) is 0 Å². The topological polar surface area (TPSA) is 12.0 Å². The largest absolute Gasteiger partial charge is 0.388 e. The summed E-state index contributed by atoms with van der Waals surface area (Å²) >= 11 is 3.56. The van der Waals surface area contributed by atoms with Crippen molar-refractivity contribution >= 4 is 33.8 Å². The first-order valence-corrected chi connectivity index (χ1v) is 6.71. The normalized spacial score (nSPS) is 10.8. The Labute approximate surface area is 117 Å². The number of hydrogen-bond acceptors (Lipinski definition) is 1. The molecule has 0 saturated carbocycles. The van der Waals surface area contributed by atoms with E-state index in [1.54, 1.807) is 0 Å². The molecular formula is C16H16BrN. The number of benzene rings is 2. The highest BCUT2D eigenvalue weighted by Gasteiger charge is 2.00. The van der Waals surface area contributed by atoms with Crippen LogP contribution in [0.2, 0.25) is 0 Å². The fraction of sp³-hybridized carbons (Fsp3) is 0.125. The number of aryl methyl sites for hydroxylation is 1. The summed E-state index contributed by atoms with van der Waals surface area (Å²) in [6, 6.07) is 14.5. The van der Waals surface area contributed by atoms with Crippen molar-refractivity contribution in [1.29, 1.82) is 0 Å². The summed E-state index contributed by atoms with van der Waals surface area (Å²) in [4.78, 5) is 0. The van der Waals surface area contributed by atoms with E-state index in [2.05, 4.69) is 70.7 Å². The molecule has 0 bridgehead atoms. The molecule has 0 aliphatic rings. The predicted octanol–water partition coefficient (Wildman–Crippen LogP) is 4.97. The maximum atomic E-state index is 3.56. The van der Waals surface area contributed by atoms with Crippen LogP contribution < -0.4 is 5.32 Å².